The van der Waals surface area contributed by atoms with Gasteiger partial charge in [0.05, 0.1) is 14.2 Å². The second-order valence-corrected chi connectivity index (χ2v) is 6.55. The molecule has 0 saturated heterocycles. The average Bonchev–Trinajstić information content (AvgIpc) is 2.78. The van der Waals surface area contributed by atoms with Gasteiger partial charge in [-0.15, -0.1) is 0 Å². The zero-order chi connectivity index (χ0) is 22.1. The average molecular weight is 420 g/mol. The largest absolute Gasteiger partial charge is 0.497 e. The summed E-state index contributed by atoms with van der Waals surface area (Å²) in [4.78, 5) is 24.4. The van der Waals surface area contributed by atoms with E-state index in [2.05, 4.69) is 21.3 Å². The van der Waals surface area contributed by atoms with Crippen LogP contribution in [0.1, 0.15) is 5.56 Å². The van der Waals surface area contributed by atoms with Crippen LogP contribution >= 0.6 is 0 Å². The van der Waals surface area contributed by atoms with Crippen LogP contribution in [0.5, 0.6) is 11.5 Å². The monoisotopic (exact) mass is 420 g/mol. The molecule has 0 radical (unpaired) electrons. The highest BCUT2D eigenvalue weighted by molar-refractivity contribution is 6.00. The first-order valence-corrected chi connectivity index (χ1v) is 9.55. The minimum atomic E-state index is -0.382. The van der Waals surface area contributed by atoms with Gasteiger partial charge in [0.2, 0.25) is 0 Å². The number of amides is 4. The molecule has 0 heterocycles. The summed E-state index contributed by atoms with van der Waals surface area (Å²) in [6.45, 7) is 0.289. The Hall–Kier alpha value is -4.20. The lowest BCUT2D eigenvalue weighted by Gasteiger charge is -2.12. The van der Waals surface area contributed by atoms with Crippen LogP contribution in [-0.4, -0.2) is 26.3 Å². The molecule has 0 aliphatic rings. The minimum Gasteiger partial charge on any atom is -0.497 e. The van der Waals surface area contributed by atoms with Crippen molar-refractivity contribution in [3.8, 4) is 11.5 Å². The molecule has 31 heavy (non-hydrogen) atoms. The summed E-state index contributed by atoms with van der Waals surface area (Å²) in [7, 11) is 3.14. The molecule has 0 unspecified atom stereocenters. The van der Waals surface area contributed by atoms with Crippen LogP contribution in [0.3, 0.4) is 0 Å². The van der Waals surface area contributed by atoms with Crippen LogP contribution < -0.4 is 30.7 Å². The van der Waals surface area contributed by atoms with E-state index in [0.29, 0.717) is 28.6 Å². The maximum atomic E-state index is 12.3. The van der Waals surface area contributed by atoms with E-state index in [9.17, 15) is 9.59 Å². The van der Waals surface area contributed by atoms with Crippen LogP contribution in [0, 0.1) is 0 Å². The molecule has 3 rings (SSSR count). The van der Waals surface area contributed by atoms with Gasteiger partial charge in [-0.3, -0.25) is 0 Å². The molecule has 0 atom stereocenters. The second-order valence-electron chi connectivity index (χ2n) is 6.55. The third-order valence-electron chi connectivity index (χ3n) is 4.27. The zero-order valence-corrected chi connectivity index (χ0v) is 17.3. The van der Waals surface area contributed by atoms with Gasteiger partial charge in [0.25, 0.3) is 0 Å². The molecule has 4 N–H and O–H groups in total. The van der Waals surface area contributed by atoms with Crippen LogP contribution in [0.15, 0.2) is 72.8 Å². The highest BCUT2D eigenvalue weighted by atomic mass is 16.5. The summed E-state index contributed by atoms with van der Waals surface area (Å²) in [6.07, 6.45) is 0. The van der Waals surface area contributed by atoms with Gasteiger partial charge in [-0.05, 0) is 48.0 Å². The SMILES string of the molecule is COc1cc(CNC(=O)Nc2cccc(NC(=O)Nc3ccccc3)c2)cc(OC)c1. The van der Waals surface area contributed by atoms with E-state index in [4.69, 9.17) is 9.47 Å². The fourth-order valence-corrected chi connectivity index (χ4v) is 2.82. The molecule has 0 aliphatic heterocycles. The van der Waals surface area contributed by atoms with Crippen LogP contribution in [0.4, 0.5) is 26.7 Å². The van der Waals surface area contributed by atoms with Crippen LogP contribution in [0.2, 0.25) is 0 Å². The van der Waals surface area contributed by atoms with Gasteiger partial charge in [0, 0.05) is 29.7 Å². The summed E-state index contributed by atoms with van der Waals surface area (Å²) < 4.78 is 10.5. The number of para-hydroxylation sites is 1. The predicted molar refractivity (Wildman–Crippen MR) is 121 cm³/mol. The van der Waals surface area contributed by atoms with Gasteiger partial charge in [-0.2, -0.15) is 0 Å². The van der Waals surface area contributed by atoms with Crippen molar-refractivity contribution < 1.29 is 19.1 Å². The Bertz CT molecular complexity index is 1020. The number of urea groups is 2. The van der Waals surface area contributed by atoms with Crippen molar-refractivity contribution in [2.24, 2.45) is 0 Å². The van der Waals surface area contributed by atoms with Crippen molar-refractivity contribution in [1.82, 2.24) is 5.32 Å². The van der Waals surface area contributed by atoms with Crippen molar-refractivity contribution in [1.29, 1.82) is 0 Å². The zero-order valence-electron chi connectivity index (χ0n) is 17.3. The van der Waals surface area contributed by atoms with Gasteiger partial charge >= 0.3 is 12.1 Å². The summed E-state index contributed by atoms with van der Waals surface area (Å²) >= 11 is 0. The van der Waals surface area contributed by atoms with Crippen molar-refractivity contribution in [3.05, 3.63) is 78.4 Å². The van der Waals surface area contributed by atoms with E-state index < -0.39 is 0 Å². The van der Waals surface area contributed by atoms with Crippen molar-refractivity contribution in [3.63, 3.8) is 0 Å². The number of anilines is 3. The van der Waals surface area contributed by atoms with E-state index in [1.54, 1.807) is 56.7 Å². The summed E-state index contributed by atoms with van der Waals surface area (Å²) in [5, 5.41) is 11.0. The lowest BCUT2D eigenvalue weighted by molar-refractivity contribution is 0.251. The molecule has 3 aromatic carbocycles. The van der Waals surface area contributed by atoms with E-state index in [1.807, 2.05) is 30.3 Å². The summed E-state index contributed by atoms with van der Waals surface area (Å²) in [5.74, 6) is 1.29. The molecule has 0 aromatic heterocycles. The molecule has 0 aliphatic carbocycles. The quantitative estimate of drug-likeness (QED) is 0.446. The minimum absolute atomic E-state index is 0.289. The van der Waals surface area contributed by atoms with E-state index in [-0.39, 0.29) is 18.6 Å². The number of carbonyl (C=O) groups is 2. The number of methoxy groups -OCH3 is 2. The summed E-state index contributed by atoms with van der Waals surface area (Å²) in [5.41, 5.74) is 2.60. The van der Waals surface area contributed by atoms with Gasteiger partial charge < -0.3 is 30.7 Å². The molecule has 160 valence electrons. The molecule has 0 bridgehead atoms. The molecule has 3 aromatic rings. The van der Waals surface area contributed by atoms with Crippen LogP contribution in [0.25, 0.3) is 0 Å². The Morgan fingerprint density at radius 3 is 1.84 bits per heavy atom. The second kappa shape index (κ2) is 10.5. The molecule has 0 fully saturated rings. The molecular weight excluding hydrogens is 396 g/mol. The third-order valence-corrected chi connectivity index (χ3v) is 4.27. The molecular formula is C23H24N4O4. The number of benzene rings is 3. The van der Waals surface area contributed by atoms with Crippen molar-refractivity contribution in [2.75, 3.05) is 30.2 Å². The summed E-state index contributed by atoms with van der Waals surface area (Å²) in [6, 6.07) is 20.6. The molecule has 0 saturated carbocycles. The number of nitrogens with one attached hydrogen (secondary N) is 4. The standard InChI is InChI=1S/C23H24N4O4/c1-30-20-11-16(12-21(14-20)31-2)15-24-22(28)26-18-9-6-10-19(13-18)27-23(29)25-17-7-4-3-5-8-17/h3-14H,15H2,1-2H3,(H2,24,26,28)(H2,25,27,29). The van der Waals surface area contributed by atoms with E-state index in [1.165, 1.54) is 0 Å². The Balaban J connectivity index is 1.54. The number of hydrogen-bond donors (Lipinski definition) is 4. The molecule has 4 amide bonds. The predicted octanol–water partition coefficient (Wildman–Crippen LogP) is 4.67. The number of carbonyl (C=O) groups excluding carboxylic acids is 2. The van der Waals surface area contributed by atoms with E-state index >= 15 is 0 Å². The first kappa shape index (κ1) is 21.5. The highest BCUT2D eigenvalue weighted by Gasteiger charge is 2.07. The van der Waals surface area contributed by atoms with Gasteiger partial charge in [-0.25, -0.2) is 9.59 Å². The maximum absolute atomic E-state index is 12.3. The first-order chi connectivity index (χ1) is 15.1. The van der Waals surface area contributed by atoms with Gasteiger partial charge in [-0.1, -0.05) is 24.3 Å². The Morgan fingerprint density at radius 1 is 0.677 bits per heavy atom. The number of rotatable bonds is 7. The van der Waals surface area contributed by atoms with Crippen molar-refractivity contribution >= 4 is 29.1 Å². The number of hydrogen-bond acceptors (Lipinski definition) is 4. The maximum Gasteiger partial charge on any atom is 0.323 e. The normalized spacial score (nSPS) is 10.0. The Morgan fingerprint density at radius 2 is 1.23 bits per heavy atom. The van der Waals surface area contributed by atoms with Gasteiger partial charge in [0.1, 0.15) is 11.5 Å². The Labute approximate surface area is 180 Å². The fraction of sp³-hybridized carbons (Fsp3) is 0.130. The molecule has 0 spiro atoms. The van der Waals surface area contributed by atoms with Crippen LogP contribution in [-0.2, 0) is 6.54 Å². The fourth-order valence-electron chi connectivity index (χ4n) is 2.82. The van der Waals surface area contributed by atoms with Gasteiger partial charge in [0.15, 0.2) is 0 Å². The lowest BCUT2D eigenvalue weighted by Crippen LogP contribution is -2.28. The third kappa shape index (κ3) is 6.67. The first-order valence-electron chi connectivity index (χ1n) is 9.55. The number of ether oxygens (including phenoxy) is 2. The topological polar surface area (TPSA) is 101 Å². The van der Waals surface area contributed by atoms with E-state index in [0.717, 1.165) is 5.56 Å². The highest BCUT2D eigenvalue weighted by Crippen LogP contribution is 2.22. The molecule has 8 nitrogen and oxygen atoms in total. The van der Waals surface area contributed by atoms with Crippen molar-refractivity contribution in [2.45, 2.75) is 6.54 Å². The molecule has 8 heteroatoms. The smallest absolute Gasteiger partial charge is 0.323 e. The lowest BCUT2D eigenvalue weighted by atomic mass is 10.2. The Kier molecular flexibility index (Phi) is 7.31.